The van der Waals surface area contributed by atoms with E-state index < -0.39 is 11.4 Å². The molecule has 0 aliphatic heterocycles. The summed E-state index contributed by atoms with van der Waals surface area (Å²) in [5.41, 5.74) is 0. The predicted octanol–water partition coefficient (Wildman–Crippen LogP) is -2.94. The maximum Gasteiger partial charge on any atom is 2.00 e. The van der Waals surface area contributed by atoms with E-state index in [0.29, 0.717) is 0 Å². The fourth-order valence-corrected chi connectivity index (χ4v) is 0. The van der Waals surface area contributed by atoms with Gasteiger partial charge < -0.3 is 4.28 Å². The third kappa shape index (κ3) is 55.0. The summed E-state index contributed by atoms with van der Waals surface area (Å²) in [6.45, 7) is 0. The standard InChI is InChI=1S/Ca.ClH.Na.H2O3S.3H/c;;;1-4(2)3;;;/h;1H;;(H2,1,2,3);;;/q+2;;+1;;3*-1. The van der Waals surface area contributed by atoms with E-state index in [4.69, 9.17) is 13.3 Å². The van der Waals surface area contributed by atoms with Gasteiger partial charge >= 0.3 is 67.3 Å². The molecule has 0 atom stereocenters. The summed E-state index contributed by atoms with van der Waals surface area (Å²) in [7, 11) is 0. The maximum absolute atomic E-state index is 8.67. The van der Waals surface area contributed by atoms with Gasteiger partial charge in [-0.1, -0.05) is 0 Å². The Hall–Kier alpha value is 2.62. The van der Waals surface area contributed by atoms with Gasteiger partial charge in [0.2, 0.25) is 0 Å². The van der Waals surface area contributed by atoms with Gasteiger partial charge in [-0.3, -0.25) is 9.11 Å². The second kappa shape index (κ2) is 15.8. The quantitative estimate of drug-likeness (QED) is 0.313. The van der Waals surface area contributed by atoms with Crippen LogP contribution in [-0.4, -0.2) is 51.1 Å². The van der Waals surface area contributed by atoms with Crippen LogP contribution in [0.5, 0.6) is 0 Å². The van der Waals surface area contributed by atoms with Crippen LogP contribution in [-0.2, 0) is 11.4 Å². The van der Waals surface area contributed by atoms with Gasteiger partial charge in [-0.2, -0.15) is 4.21 Å². The van der Waals surface area contributed by atoms with Gasteiger partial charge in [0.15, 0.2) is 0 Å². The third-order valence-corrected chi connectivity index (χ3v) is 0. The van der Waals surface area contributed by atoms with Crippen molar-refractivity contribution in [1.82, 2.24) is 0 Å². The molecule has 7 heteroatoms. The molecular formula is H6CaClNaO3S. The van der Waals surface area contributed by atoms with Crippen molar-refractivity contribution in [3.63, 3.8) is 0 Å². The first-order valence-electron chi connectivity index (χ1n) is 0.532. The first-order chi connectivity index (χ1) is 1.73. The molecule has 0 saturated carbocycles. The number of hydrogen-bond acceptors (Lipinski definition) is 1. The fraction of sp³-hybridized carbons (Fsp3) is 0. The molecule has 0 aromatic carbocycles. The molecule has 0 rings (SSSR count). The van der Waals surface area contributed by atoms with Gasteiger partial charge in [0.1, 0.15) is 0 Å². The van der Waals surface area contributed by atoms with Crippen LogP contribution in [0.1, 0.15) is 4.28 Å². The van der Waals surface area contributed by atoms with Crippen LogP contribution in [0.3, 0.4) is 0 Å². The molecule has 0 fully saturated rings. The summed E-state index contributed by atoms with van der Waals surface area (Å²) >= 11 is -2.61. The van der Waals surface area contributed by atoms with Crippen molar-refractivity contribution in [3.8, 4) is 0 Å². The molecule has 0 amide bonds. The maximum atomic E-state index is 8.67. The van der Waals surface area contributed by atoms with E-state index in [9.17, 15) is 0 Å². The SMILES string of the molecule is Cl.O=S(O)O.[Ca+2].[H-].[H-].[H-].[Na+]. The minimum absolute atomic E-state index is 0. The Labute approximate surface area is 107 Å². The van der Waals surface area contributed by atoms with Crippen LogP contribution in [0.25, 0.3) is 0 Å². The van der Waals surface area contributed by atoms with Crippen molar-refractivity contribution in [1.29, 1.82) is 0 Å². The van der Waals surface area contributed by atoms with E-state index in [-0.39, 0.29) is 84.0 Å². The molecule has 3 nitrogen and oxygen atoms in total. The molecular weight excluding hydrogens is 179 g/mol. The first kappa shape index (κ1) is 22.6. The summed E-state index contributed by atoms with van der Waals surface area (Å²) in [5.74, 6) is 0. The molecule has 0 aromatic rings. The molecule has 0 bridgehead atoms. The van der Waals surface area contributed by atoms with Crippen LogP contribution in [0.15, 0.2) is 0 Å². The van der Waals surface area contributed by atoms with Crippen LogP contribution in [0.2, 0.25) is 0 Å². The zero-order valence-electron chi connectivity index (χ0n) is 6.83. The topological polar surface area (TPSA) is 57.5 Å². The molecule has 0 radical (unpaired) electrons. The number of halogens is 1. The number of hydrogen-bond donors (Lipinski definition) is 2. The third-order valence-electron chi connectivity index (χ3n) is 0. The summed E-state index contributed by atoms with van der Waals surface area (Å²) in [5, 5.41) is 0. The Balaban J connectivity index is -0.00000000300. The molecule has 0 saturated heterocycles. The van der Waals surface area contributed by atoms with Gasteiger partial charge in [0.25, 0.3) is 11.4 Å². The Kier molecular flexibility index (Phi) is 51.2. The van der Waals surface area contributed by atoms with E-state index in [2.05, 4.69) is 0 Å². The summed E-state index contributed by atoms with van der Waals surface area (Å²) in [4.78, 5) is 0. The minimum atomic E-state index is -2.61. The van der Waals surface area contributed by atoms with Crippen molar-refractivity contribution in [3.05, 3.63) is 0 Å². The van der Waals surface area contributed by atoms with Gasteiger partial charge in [0, 0.05) is 0 Å². The Morgan fingerprint density at radius 3 is 1.43 bits per heavy atom. The second-order valence-electron chi connectivity index (χ2n) is 0.231. The molecule has 0 spiro atoms. The van der Waals surface area contributed by atoms with Gasteiger partial charge in [-0.15, -0.1) is 12.4 Å². The molecule has 0 unspecified atom stereocenters. The van der Waals surface area contributed by atoms with Crippen LogP contribution in [0, 0.1) is 0 Å². The Bertz CT molecular complexity index is 46.7. The van der Waals surface area contributed by atoms with Crippen LogP contribution >= 0.6 is 12.4 Å². The molecule has 0 aromatic heterocycles. The molecule has 0 aliphatic carbocycles. The molecule has 0 heterocycles. The van der Waals surface area contributed by atoms with Crippen LogP contribution < -0.4 is 29.6 Å². The van der Waals surface area contributed by atoms with Gasteiger partial charge in [-0.05, 0) is 0 Å². The van der Waals surface area contributed by atoms with Gasteiger partial charge in [0.05, 0.1) is 0 Å². The average molecular weight is 185 g/mol. The zero-order valence-corrected chi connectivity index (χ0v) is 9.67. The summed E-state index contributed by atoms with van der Waals surface area (Å²) < 4.78 is 22.8. The smallest absolute Gasteiger partial charge is 1.00 e. The zero-order chi connectivity index (χ0) is 3.58. The normalized spacial score (nSPS) is 5.00. The Morgan fingerprint density at radius 1 is 1.43 bits per heavy atom. The van der Waals surface area contributed by atoms with E-state index >= 15 is 0 Å². The molecule has 0 aliphatic rings. The largest absolute Gasteiger partial charge is 2.00 e. The minimum Gasteiger partial charge on any atom is -1.00 e. The van der Waals surface area contributed by atoms with Crippen molar-refractivity contribution in [2.75, 3.05) is 0 Å². The van der Waals surface area contributed by atoms with E-state index in [1.54, 1.807) is 0 Å². The van der Waals surface area contributed by atoms with E-state index in [1.807, 2.05) is 0 Å². The fourth-order valence-electron chi connectivity index (χ4n) is 0. The molecule has 7 heavy (non-hydrogen) atoms. The first-order valence-corrected chi connectivity index (χ1v) is 1.60. The molecule has 40 valence electrons. The number of rotatable bonds is 0. The predicted molar refractivity (Wildman–Crippen MR) is 29.7 cm³/mol. The van der Waals surface area contributed by atoms with Crippen molar-refractivity contribution in [2.24, 2.45) is 0 Å². The summed E-state index contributed by atoms with van der Waals surface area (Å²) in [6.07, 6.45) is 0. The van der Waals surface area contributed by atoms with Crippen molar-refractivity contribution < 1.29 is 47.2 Å². The van der Waals surface area contributed by atoms with Gasteiger partial charge in [-0.25, -0.2) is 0 Å². The Morgan fingerprint density at radius 2 is 1.43 bits per heavy atom. The molecule has 2 N–H and O–H groups in total. The summed E-state index contributed by atoms with van der Waals surface area (Å²) in [6, 6.07) is 0. The van der Waals surface area contributed by atoms with E-state index in [0.717, 1.165) is 0 Å². The second-order valence-corrected chi connectivity index (χ2v) is 0.692. The van der Waals surface area contributed by atoms with Crippen LogP contribution in [0.4, 0.5) is 0 Å². The van der Waals surface area contributed by atoms with Crippen molar-refractivity contribution in [2.45, 2.75) is 0 Å². The average Bonchev–Trinajstić information content (AvgIpc) is 0.811. The van der Waals surface area contributed by atoms with Crippen molar-refractivity contribution >= 4 is 61.5 Å². The monoisotopic (exact) mass is 184 g/mol. The van der Waals surface area contributed by atoms with E-state index in [1.165, 1.54) is 0 Å².